The van der Waals surface area contributed by atoms with Crippen LogP contribution in [0.5, 0.6) is 0 Å². The smallest absolute Gasteiger partial charge is 0.252 e. The van der Waals surface area contributed by atoms with E-state index in [1.54, 1.807) is 24.8 Å². The number of aliphatic hydroxyl groups is 4. The van der Waals surface area contributed by atoms with E-state index >= 15 is 0 Å². The second kappa shape index (κ2) is 29.3. The van der Waals surface area contributed by atoms with Crippen LogP contribution in [-0.4, -0.2) is 148 Å². The van der Waals surface area contributed by atoms with Gasteiger partial charge in [0.2, 0.25) is 11.8 Å². The van der Waals surface area contributed by atoms with Gasteiger partial charge in [-0.15, -0.1) is 0 Å². The molecule has 0 bridgehead atoms. The summed E-state index contributed by atoms with van der Waals surface area (Å²) in [5.41, 5.74) is 6.14. The summed E-state index contributed by atoms with van der Waals surface area (Å²) < 4.78 is 22.8. The molecule has 0 unspecified atom stereocenters. The number of carbonyl (C=O) groups excluding carboxylic acids is 4. The summed E-state index contributed by atoms with van der Waals surface area (Å²) in [4.78, 5) is 57.2. The Balaban J connectivity index is 0.000000262. The highest BCUT2D eigenvalue weighted by Gasteiger charge is 2.48. The van der Waals surface area contributed by atoms with Crippen LogP contribution in [0, 0.1) is 10.8 Å². The molecule has 0 radical (unpaired) electrons. The van der Waals surface area contributed by atoms with Crippen LogP contribution in [0.4, 0.5) is 0 Å². The highest BCUT2D eigenvalue weighted by molar-refractivity contribution is 5.91. The lowest BCUT2D eigenvalue weighted by Crippen LogP contribution is -2.62. The topological polar surface area (TPSA) is 217 Å². The number of nitrogens with zero attached hydrogens (tertiary/aromatic N) is 2. The summed E-state index contributed by atoms with van der Waals surface area (Å²) in [6, 6.07) is 35.1. The molecule has 3 heterocycles. The van der Waals surface area contributed by atoms with Crippen LogP contribution >= 0.6 is 0 Å². The molecule has 16 heteroatoms. The summed E-state index contributed by atoms with van der Waals surface area (Å²) >= 11 is 0. The summed E-state index contributed by atoms with van der Waals surface area (Å²) in [5.74, 6) is -2.60. The molecule has 3 saturated heterocycles. The van der Waals surface area contributed by atoms with Crippen LogP contribution in [0.3, 0.4) is 0 Å². The van der Waals surface area contributed by atoms with Gasteiger partial charge in [-0.2, -0.15) is 0 Å². The fourth-order valence-electron chi connectivity index (χ4n) is 10.1. The number of methoxy groups -OCH3 is 2. The molecule has 440 valence electrons. The Kier molecular flexibility index (Phi) is 23.1. The Morgan fingerprint density at radius 2 is 1.07 bits per heavy atom. The number of aliphatic hydroxyl groups excluding tert-OH is 4. The molecule has 6 N–H and O–H groups in total. The van der Waals surface area contributed by atoms with Crippen molar-refractivity contribution in [2.24, 2.45) is 10.8 Å². The van der Waals surface area contributed by atoms with E-state index in [9.17, 15) is 39.6 Å². The van der Waals surface area contributed by atoms with E-state index in [0.29, 0.717) is 39.0 Å². The van der Waals surface area contributed by atoms with Gasteiger partial charge in [-0.25, -0.2) is 0 Å². The second-order valence-corrected chi connectivity index (χ2v) is 24.0. The predicted octanol–water partition coefficient (Wildman–Crippen LogP) is 7.90. The van der Waals surface area contributed by atoms with Crippen molar-refractivity contribution in [1.82, 2.24) is 20.4 Å². The molecule has 16 nitrogen and oxygen atoms in total. The Bertz CT molecular complexity index is 2690. The maximum absolute atomic E-state index is 13.6. The number of hydrogen-bond donors (Lipinski definition) is 6. The SMILES string of the molecule is CO[C@@H](C(=O)N[C@H]1CCCCN(Cc2ccc(-c3ccccc3)cc2)C1=O)[C@@H]1OC(C)(C)O[C@H](/C=C/C(C)(C)C)[C@@H]1O.CO[C@@H](C(=O)N[C@H]1CCCCN(Cc2ccc(-c3ccccc3)cc2)C1=O)[C@H](O)[C@@H](O)[C@H](O)/C=C/C(C)(C)C. The van der Waals surface area contributed by atoms with Crippen molar-refractivity contribution in [3.05, 3.63) is 145 Å². The lowest BCUT2D eigenvalue weighted by molar-refractivity contribution is -0.334. The highest BCUT2D eigenvalue weighted by Crippen LogP contribution is 2.32. The van der Waals surface area contributed by atoms with Crippen molar-refractivity contribution in [2.45, 2.75) is 174 Å². The van der Waals surface area contributed by atoms with Crippen molar-refractivity contribution in [2.75, 3.05) is 27.3 Å². The average Bonchev–Trinajstić information content (AvgIpc) is 3.88. The zero-order chi connectivity index (χ0) is 59.1. The number of amides is 4. The standard InChI is InChI=1S/C34H46N2O6.C31H42N2O6/c1-33(2,3)20-19-27-28(37)29(42-34(4,5)41-27)30(40-6)31(38)35-26-14-10-11-21-36(32(26)39)22-23-15-17-25(18-16-23)24-12-8-7-9-13-24;1-31(2,3)18-17-25(34)26(35)27(36)28(39-4)29(37)32-24-12-8-9-19-33(30(24)38)20-21-13-15-23(16-14-21)22-10-6-5-7-11-22/h7-9,12-13,15-20,26-30,37H,10-11,14,21-22H2,1-6H3,(H,35,38);5-7,10-11,13-18,24-28,34-36H,8-9,12,19-20H2,1-4H3,(H,32,37)/b20-19+;18-17+/t26-,27+,28-,29+,30+;24-,25+,26-,27+,28+/m00/s1. The Morgan fingerprint density at radius 3 is 1.51 bits per heavy atom. The van der Waals surface area contributed by atoms with Gasteiger partial charge >= 0.3 is 0 Å². The number of allylic oxidation sites excluding steroid dienone is 2. The molecule has 3 fully saturated rings. The molecule has 4 aromatic rings. The molecule has 81 heavy (non-hydrogen) atoms. The quantitative estimate of drug-likeness (QED) is 0.0525. The largest absolute Gasteiger partial charge is 0.387 e. The summed E-state index contributed by atoms with van der Waals surface area (Å²) in [7, 11) is 2.64. The third kappa shape index (κ3) is 19.0. The van der Waals surface area contributed by atoms with Gasteiger partial charge in [0.05, 0.1) is 0 Å². The first-order chi connectivity index (χ1) is 38.4. The molecule has 3 aliphatic rings. The third-order valence-electron chi connectivity index (χ3n) is 14.5. The van der Waals surface area contributed by atoms with E-state index in [4.69, 9.17) is 18.9 Å². The Hall–Kier alpha value is -6.08. The predicted molar refractivity (Wildman–Crippen MR) is 313 cm³/mol. The number of ether oxygens (including phenoxy) is 4. The number of rotatable bonds is 18. The first-order valence-electron chi connectivity index (χ1n) is 28.4. The van der Waals surface area contributed by atoms with Gasteiger partial charge in [-0.05, 0) is 96.6 Å². The van der Waals surface area contributed by atoms with Crippen molar-refractivity contribution in [3.8, 4) is 22.3 Å². The summed E-state index contributed by atoms with van der Waals surface area (Å²) in [6.45, 7) is 17.5. The van der Waals surface area contributed by atoms with Gasteiger partial charge in [0.15, 0.2) is 18.0 Å². The Labute approximate surface area is 479 Å². The first kappa shape index (κ1) is 64.1. The van der Waals surface area contributed by atoms with Crippen molar-refractivity contribution in [1.29, 1.82) is 0 Å². The van der Waals surface area contributed by atoms with Crippen molar-refractivity contribution < 1.29 is 58.6 Å². The normalized spacial score (nSPS) is 22.9. The monoisotopic (exact) mass is 1120 g/mol. The average molecular weight is 1120 g/mol. The maximum Gasteiger partial charge on any atom is 0.252 e. The van der Waals surface area contributed by atoms with Gasteiger partial charge < -0.3 is 59.8 Å². The van der Waals surface area contributed by atoms with Gasteiger partial charge in [-0.3, -0.25) is 19.2 Å². The van der Waals surface area contributed by atoms with Crippen LogP contribution in [0.15, 0.2) is 133 Å². The fraction of sp³-hybridized carbons (Fsp3) is 0.508. The molecule has 4 amide bonds. The van der Waals surface area contributed by atoms with Crippen LogP contribution in [-0.2, 0) is 51.2 Å². The minimum absolute atomic E-state index is 0.116. The summed E-state index contributed by atoms with van der Waals surface area (Å²) in [5, 5.41) is 48.2. The minimum atomic E-state index is -1.70. The molecule has 7 rings (SSSR count). The van der Waals surface area contributed by atoms with Gasteiger partial charge in [0, 0.05) is 40.4 Å². The van der Waals surface area contributed by atoms with E-state index in [1.165, 1.54) is 20.3 Å². The van der Waals surface area contributed by atoms with E-state index in [1.807, 2.05) is 123 Å². The number of hydrogen-bond acceptors (Lipinski definition) is 12. The van der Waals surface area contributed by atoms with Crippen LogP contribution in [0.2, 0.25) is 0 Å². The molecule has 0 spiro atoms. The molecule has 4 aromatic carbocycles. The molecule has 3 aliphatic heterocycles. The number of carbonyl (C=O) groups is 4. The van der Waals surface area contributed by atoms with E-state index in [-0.39, 0.29) is 22.6 Å². The second-order valence-electron chi connectivity index (χ2n) is 24.0. The third-order valence-corrected chi connectivity index (χ3v) is 14.5. The fourth-order valence-corrected chi connectivity index (χ4v) is 10.1. The molecule has 0 aromatic heterocycles. The van der Waals surface area contributed by atoms with E-state index < -0.39 is 78.5 Å². The summed E-state index contributed by atoms with van der Waals surface area (Å²) in [6.07, 6.45) is 0.908. The zero-order valence-electron chi connectivity index (χ0n) is 49.0. The number of nitrogens with one attached hydrogen (secondary N) is 2. The van der Waals surface area contributed by atoms with E-state index in [2.05, 4.69) is 55.7 Å². The van der Waals surface area contributed by atoms with E-state index in [0.717, 1.165) is 59.1 Å². The lowest BCUT2D eigenvalue weighted by atomic mass is 9.93. The van der Waals surface area contributed by atoms with Crippen LogP contribution in [0.25, 0.3) is 22.3 Å². The van der Waals surface area contributed by atoms with Gasteiger partial charge in [0.25, 0.3) is 11.8 Å². The highest BCUT2D eigenvalue weighted by atomic mass is 16.7. The first-order valence-corrected chi connectivity index (χ1v) is 28.4. The van der Waals surface area contributed by atoms with Crippen molar-refractivity contribution >= 4 is 23.6 Å². The molecule has 10 atom stereocenters. The molecule has 0 saturated carbocycles. The molecule has 0 aliphatic carbocycles. The van der Waals surface area contributed by atoms with Crippen LogP contribution in [0.1, 0.15) is 105 Å². The molecular weight excluding hydrogens is 1030 g/mol. The van der Waals surface area contributed by atoms with Crippen LogP contribution < -0.4 is 10.6 Å². The zero-order valence-corrected chi connectivity index (χ0v) is 49.0. The Morgan fingerprint density at radius 1 is 0.630 bits per heavy atom. The molecular formula is C65H88N4O12. The maximum atomic E-state index is 13.6. The minimum Gasteiger partial charge on any atom is -0.387 e. The van der Waals surface area contributed by atoms with Crippen molar-refractivity contribution in [3.63, 3.8) is 0 Å². The number of benzene rings is 4. The van der Waals surface area contributed by atoms with Gasteiger partial charge in [-0.1, -0.05) is 175 Å². The van der Waals surface area contributed by atoms with Gasteiger partial charge in [0.1, 0.15) is 48.7 Å². The lowest BCUT2D eigenvalue weighted by Gasteiger charge is -2.45. The number of likely N-dealkylation sites (tertiary alicyclic amines) is 2.